The highest BCUT2D eigenvalue weighted by Gasteiger charge is 2.28. The van der Waals surface area contributed by atoms with Gasteiger partial charge in [-0.15, -0.1) is 0 Å². The van der Waals surface area contributed by atoms with Gasteiger partial charge in [-0.05, 0) is 31.9 Å². The van der Waals surface area contributed by atoms with Crippen LogP contribution in [0.1, 0.15) is 34.5 Å². The van der Waals surface area contributed by atoms with E-state index in [9.17, 15) is 9.18 Å². The number of nitrogens with zero attached hydrogens (tertiary/aromatic N) is 1. The summed E-state index contributed by atoms with van der Waals surface area (Å²) in [6.45, 7) is 3.19. The van der Waals surface area contributed by atoms with Crippen LogP contribution < -0.4 is 0 Å². The zero-order valence-corrected chi connectivity index (χ0v) is 15.3. The lowest BCUT2D eigenvalue weighted by atomic mass is 10.1. The van der Waals surface area contributed by atoms with Gasteiger partial charge in [-0.2, -0.15) is 0 Å². The van der Waals surface area contributed by atoms with Crippen molar-refractivity contribution in [3.8, 4) is 0 Å². The number of halogens is 1. The number of carbonyl (C=O) groups excluding carboxylic acids is 1. The summed E-state index contributed by atoms with van der Waals surface area (Å²) in [6, 6.07) is 14.1. The Balaban J connectivity index is 1.66. The van der Waals surface area contributed by atoms with E-state index in [0.717, 1.165) is 23.8 Å². The lowest BCUT2D eigenvalue weighted by Crippen LogP contribution is -2.37. The highest BCUT2D eigenvalue weighted by atomic mass is 19.1. The van der Waals surface area contributed by atoms with Gasteiger partial charge in [-0.3, -0.25) is 4.79 Å². The van der Waals surface area contributed by atoms with Crippen LogP contribution >= 0.6 is 0 Å². The summed E-state index contributed by atoms with van der Waals surface area (Å²) < 4.78 is 25.7. The van der Waals surface area contributed by atoms with Gasteiger partial charge in [0.1, 0.15) is 11.4 Å². The Morgan fingerprint density at radius 3 is 2.70 bits per heavy atom. The van der Waals surface area contributed by atoms with E-state index >= 15 is 0 Å². The maximum absolute atomic E-state index is 14.2. The number of fused-ring (bicyclic) bond motifs is 1. The van der Waals surface area contributed by atoms with Crippen LogP contribution in [0.15, 0.2) is 52.9 Å². The molecule has 1 aromatic heterocycles. The molecule has 1 aliphatic heterocycles. The molecule has 0 N–H and O–H groups in total. The third-order valence-electron chi connectivity index (χ3n) is 5.09. The minimum atomic E-state index is -0.316. The van der Waals surface area contributed by atoms with Crippen LogP contribution in [0.2, 0.25) is 0 Å². The standard InChI is InChI=1S/C22H22FNO3/c1-15-18-9-3-5-11-20(18)27-21(15)22(25)24(14-17-8-6-12-26-17)13-16-7-2-4-10-19(16)23/h2-5,7,9-11,17H,6,8,12-14H2,1H3/t17-/m1/s1. The third kappa shape index (κ3) is 3.60. The molecule has 4 nitrogen and oxygen atoms in total. The minimum Gasteiger partial charge on any atom is -0.451 e. The lowest BCUT2D eigenvalue weighted by molar-refractivity contribution is 0.0482. The second-order valence-corrected chi connectivity index (χ2v) is 6.96. The van der Waals surface area contributed by atoms with Gasteiger partial charge in [0.05, 0.1) is 6.10 Å². The Morgan fingerprint density at radius 2 is 1.96 bits per heavy atom. The zero-order valence-electron chi connectivity index (χ0n) is 15.3. The molecule has 140 valence electrons. The first-order chi connectivity index (χ1) is 13.1. The summed E-state index contributed by atoms with van der Waals surface area (Å²) in [4.78, 5) is 14.9. The predicted octanol–water partition coefficient (Wildman–Crippen LogP) is 4.70. The minimum absolute atomic E-state index is 0.0228. The maximum Gasteiger partial charge on any atom is 0.290 e. The van der Waals surface area contributed by atoms with E-state index in [1.807, 2.05) is 31.2 Å². The Hall–Kier alpha value is -2.66. The molecule has 0 spiro atoms. The maximum atomic E-state index is 14.2. The summed E-state index contributed by atoms with van der Waals surface area (Å²) >= 11 is 0. The van der Waals surface area contributed by atoms with Gasteiger partial charge in [-0.25, -0.2) is 4.39 Å². The number of benzene rings is 2. The fraction of sp³-hybridized carbons (Fsp3) is 0.318. The molecule has 1 aliphatic rings. The molecule has 1 fully saturated rings. The molecule has 3 aromatic rings. The highest BCUT2D eigenvalue weighted by molar-refractivity contribution is 5.98. The number of hydrogen-bond acceptors (Lipinski definition) is 3. The van der Waals surface area contributed by atoms with Crippen molar-refractivity contribution in [1.29, 1.82) is 0 Å². The first kappa shape index (κ1) is 17.7. The number of furan rings is 1. The van der Waals surface area contributed by atoms with Gasteiger partial charge in [0.15, 0.2) is 5.76 Å². The van der Waals surface area contributed by atoms with Gasteiger partial charge in [-0.1, -0.05) is 36.4 Å². The molecule has 0 saturated carbocycles. The van der Waals surface area contributed by atoms with Crippen LogP contribution in [0, 0.1) is 12.7 Å². The average Bonchev–Trinajstić information content (AvgIpc) is 3.31. The summed E-state index contributed by atoms with van der Waals surface area (Å²) in [5.74, 6) is -0.239. The van der Waals surface area contributed by atoms with Crippen LogP contribution in [-0.4, -0.2) is 30.1 Å². The van der Waals surface area contributed by atoms with Crippen molar-refractivity contribution in [2.45, 2.75) is 32.4 Å². The van der Waals surface area contributed by atoms with Crippen molar-refractivity contribution < 1.29 is 18.3 Å². The van der Waals surface area contributed by atoms with E-state index in [1.54, 1.807) is 23.1 Å². The Bertz CT molecular complexity index is 959. The van der Waals surface area contributed by atoms with Gasteiger partial charge < -0.3 is 14.1 Å². The van der Waals surface area contributed by atoms with Crippen molar-refractivity contribution in [3.63, 3.8) is 0 Å². The van der Waals surface area contributed by atoms with Crippen LogP contribution in [-0.2, 0) is 11.3 Å². The molecule has 1 amide bonds. The number of rotatable bonds is 5. The third-order valence-corrected chi connectivity index (χ3v) is 5.09. The molecule has 0 aliphatic carbocycles. The van der Waals surface area contributed by atoms with E-state index in [2.05, 4.69) is 0 Å². The van der Waals surface area contributed by atoms with E-state index in [4.69, 9.17) is 9.15 Å². The molecule has 0 radical (unpaired) electrons. The molecular weight excluding hydrogens is 345 g/mol. The molecule has 5 heteroatoms. The van der Waals surface area contributed by atoms with Gasteiger partial charge in [0.25, 0.3) is 5.91 Å². The molecule has 1 atom stereocenters. The summed E-state index contributed by atoms with van der Waals surface area (Å²) in [6.07, 6.45) is 1.86. The van der Waals surface area contributed by atoms with Crippen molar-refractivity contribution in [1.82, 2.24) is 4.90 Å². The largest absolute Gasteiger partial charge is 0.451 e. The van der Waals surface area contributed by atoms with Crippen LogP contribution in [0.5, 0.6) is 0 Å². The van der Waals surface area contributed by atoms with Crippen molar-refractivity contribution >= 4 is 16.9 Å². The van der Waals surface area contributed by atoms with Crippen LogP contribution in [0.3, 0.4) is 0 Å². The van der Waals surface area contributed by atoms with Crippen molar-refractivity contribution in [3.05, 3.63) is 71.2 Å². The first-order valence-corrected chi connectivity index (χ1v) is 9.26. The number of carbonyl (C=O) groups is 1. The van der Waals surface area contributed by atoms with Gasteiger partial charge >= 0.3 is 0 Å². The first-order valence-electron chi connectivity index (χ1n) is 9.26. The molecule has 1 saturated heterocycles. The Morgan fingerprint density at radius 1 is 1.19 bits per heavy atom. The molecule has 0 unspecified atom stereocenters. The molecular formula is C22H22FNO3. The van der Waals surface area contributed by atoms with E-state index in [-0.39, 0.29) is 24.4 Å². The fourth-order valence-corrected chi connectivity index (χ4v) is 3.61. The molecule has 0 bridgehead atoms. The Labute approximate surface area is 157 Å². The normalized spacial score (nSPS) is 16.7. The average molecular weight is 367 g/mol. The highest BCUT2D eigenvalue weighted by Crippen LogP contribution is 2.27. The summed E-state index contributed by atoms with van der Waals surface area (Å²) in [5, 5.41) is 0.920. The number of aryl methyl sites for hydroxylation is 1. The Kier molecular flexibility index (Phi) is 4.94. The summed E-state index contributed by atoms with van der Waals surface area (Å²) in [5.41, 5.74) is 1.97. The van der Waals surface area contributed by atoms with E-state index < -0.39 is 0 Å². The van der Waals surface area contributed by atoms with E-state index in [1.165, 1.54) is 6.07 Å². The SMILES string of the molecule is Cc1c(C(=O)N(Cc2ccccc2F)C[C@H]2CCCO2)oc2ccccc12. The fourth-order valence-electron chi connectivity index (χ4n) is 3.61. The summed E-state index contributed by atoms with van der Waals surface area (Å²) in [7, 11) is 0. The van der Waals surface area contributed by atoms with E-state index in [0.29, 0.717) is 30.1 Å². The van der Waals surface area contributed by atoms with Crippen LogP contribution in [0.25, 0.3) is 11.0 Å². The molecule has 2 heterocycles. The number of ether oxygens (including phenoxy) is 1. The monoisotopic (exact) mass is 367 g/mol. The second kappa shape index (κ2) is 7.53. The lowest BCUT2D eigenvalue weighted by Gasteiger charge is -2.25. The molecule has 27 heavy (non-hydrogen) atoms. The second-order valence-electron chi connectivity index (χ2n) is 6.96. The van der Waals surface area contributed by atoms with Crippen molar-refractivity contribution in [2.75, 3.05) is 13.2 Å². The number of para-hydroxylation sites is 1. The zero-order chi connectivity index (χ0) is 18.8. The number of amides is 1. The van der Waals surface area contributed by atoms with Gasteiger partial charge in [0.2, 0.25) is 0 Å². The predicted molar refractivity (Wildman–Crippen MR) is 101 cm³/mol. The van der Waals surface area contributed by atoms with Gasteiger partial charge in [0, 0.05) is 36.2 Å². The topological polar surface area (TPSA) is 42.7 Å². The quantitative estimate of drug-likeness (QED) is 0.656. The molecule has 4 rings (SSSR count). The smallest absolute Gasteiger partial charge is 0.290 e. The van der Waals surface area contributed by atoms with Crippen molar-refractivity contribution in [2.24, 2.45) is 0 Å². The molecule has 2 aromatic carbocycles. The number of hydrogen-bond donors (Lipinski definition) is 0. The van der Waals surface area contributed by atoms with Crippen LogP contribution in [0.4, 0.5) is 4.39 Å².